The van der Waals surface area contributed by atoms with Gasteiger partial charge in [-0.15, -0.1) is 0 Å². The Labute approximate surface area is 413 Å². The second-order valence-corrected chi connectivity index (χ2v) is 20.4. The minimum absolute atomic E-state index is 0.137. The van der Waals surface area contributed by atoms with Crippen LogP contribution >= 0.6 is 0 Å². The molecule has 1 amide bonds. The van der Waals surface area contributed by atoms with Gasteiger partial charge in [-0.25, -0.2) is 0 Å². The van der Waals surface area contributed by atoms with Crippen LogP contribution in [0.1, 0.15) is 284 Å². The summed E-state index contributed by atoms with van der Waals surface area (Å²) >= 11 is 0. The van der Waals surface area contributed by atoms with E-state index < -0.39 is 49.5 Å². The lowest BCUT2D eigenvalue weighted by atomic mass is 9.99. The molecule has 1 fully saturated rings. The van der Waals surface area contributed by atoms with E-state index in [0.717, 1.165) is 44.9 Å². The molecule has 6 N–H and O–H groups in total. The van der Waals surface area contributed by atoms with Gasteiger partial charge in [-0.3, -0.25) is 4.79 Å². The number of carbonyl (C=O) groups excluding carboxylic acids is 1. The van der Waals surface area contributed by atoms with Gasteiger partial charge in [-0.05, 0) is 44.9 Å². The molecule has 1 aliphatic rings. The van der Waals surface area contributed by atoms with Crippen molar-refractivity contribution >= 4 is 5.91 Å². The predicted octanol–water partition coefficient (Wildman–Crippen LogP) is 14.2. The average Bonchev–Trinajstić information content (AvgIpc) is 3.33. The van der Waals surface area contributed by atoms with Crippen molar-refractivity contribution in [3.8, 4) is 0 Å². The zero-order valence-corrected chi connectivity index (χ0v) is 43.9. The molecule has 7 unspecified atom stereocenters. The number of allylic oxidation sites excluding steroid dienone is 4. The van der Waals surface area contributed by atoms with Gasteiger partial charge >= 0.3 is 0 Å². The standard InChI is InChI=1S/C58H111NO8/c1-3-5-7-9-11-13-15-17-19-21-23-25-26-28-29-31-33-35-37-39-41-43-45-47-52(61)51(50-66-58-57(65)56(64)55(63)53(49-60)67-58)59-54(62)48-46-44-42-40-38-36-34-32-30-27-24-22-20-18-16-14-12-10-8-6-4-2/h16,18,22,24,51-53,55-58,60-61,63-65H,3-15,17,19-21,23,25-50H2,1-2H3,(H,59,62)/b18-16-,24-22-. The van der Waals surface area contributed by atoms with Gasteiger partial charge in [0.1, 0.15) is 24.4 Å². The largest absolute Gasteiger partial charge is 0.394 e. The number of hydrogen-bond acceptors (Lipinski definition) is 8. The molecule has 0 aromatic heterocycles. The number of rotatable bonds is 50. The third-order valence-corrected chi connectivity index (χ3v) is 14.1. The quantitative estimate of drug-likeness (QED) is 0.0261. The van der Waals surface area contributed by atoms with Crippen LogP contribution in [0.3, 0.4) is 0 Å². The molecule has 0 aromatic carbocycles. The molecule has 1 aliphatic heterocycles. The lowest BCUT2D eigenvalue weighted by molar-refractivity contribution is -0.302. The van der Waals surface area contributed by atoms with Gasteiger partial charge in [0.15, 0.2) is 6.29 Å². The first kappa shape index (κ1) is 63.7. The molecule has 0 aliphatic carbocycles. The normalized spacial score (nSPS) is 19.8. The molecule has 1 saturated heterocycles. The molecular formula is C58H111NO8. The molecule has 0 spiro atoms. The zero-order valence-electron chi connectivity index (χ0n) is 43.9. The monoisotopic (exact) mass is 950 g/mol. The first-order valence-electron chi connectivity index (χ1n) is 29.0. The number of aliphatic hydroxyl groups is 5. The van der Waals surface area contributed by atoms with Crippen LogP contribution in [0.2, 0.25) is 0 Å². The van der Waals surface area contributed by atoms with Crippen molar-refractivity contribution < 1.29 is 39.8 Å². The maximum atomic E-state index is 13.1. The van der Waals surface area contributed by atoms with Crippen LogP contribution in [0.4, 0.5) is 0 Å². The third kappa shape index (κ3) is 38.1. The summed E-state index contributed by atoms with van der Waals surface area (Å²) in [6, 6.07) is -0.721. The first-order valence-corrected chi connectivity index (χ1v) is 29.0. The fourth-order valence-corrected chi connectivity index (χ4v) is 9.43. The Morgan fingerprint density at radius 1 is 0.507 bits per heavy atom. The van der Waals surface area contributed by atoms with Crippen molar-refractivity contribution in [1.82, 2.24) is 5.32 Å². The fraction of sp³-hybridized carbons (Fsp3) is 0.914. The van der Waals surface area contributed by atoms with Gasteiger partial charge in [0.05, 0.1) is 25.4 Å². The highest BCUT2D eigenvalue weighted by atomic mass is 16.7. The zero-order chi connectivity index (χ0) is 48.7. The predicted molar refractivity (Wildman–Crippen MR) is 281 cm³/mol. The van der Waals surface area contributed by atoms with Crippen molar-refractivity contribution in [2.75, 3.05) is 13.2 Å². The summed E-state index contributed by atoms with van der Waals surface area (Å²) in [6.07, 6.45) is 53.4. The SMILES string of the molecule is CCCCCCC/C=C\C/C=C\CCCCCCCCCCCC(=O)NC(COC1OC(CO)C(O)C(O)C1O)C(O)CCCCCCCCCCCCCCCCCCCCCCCCC. The van der Waals surface area contributed by atoms with E-state index in [1.807, 2.05) is 0 Å². The lowest BCUT2D eigenvalue weighted by Crippen LogP contribution is -2.60. The number of carbonyl (C=O) groups is 1. The minimum atomic E-state index is -1.55. The molecule has 9 nitrogen and oxygen atoms in total. The average molecular weight is 951 g/mol. The van der Waals surface area contributed by atoms with E-state index in [-0.39, 0.29) is 12.5 Å². The highest BCUT2D eigenvalue weighted by molar-refractivity contribution is 5.76. The Kier molecular flexibility index (Phi) is 45.9. The topological polar surface area (TPSA) is 149 Å². The van der Waals surface area contributed by atoms with Gasteiger partial charge in [-0.1, -0.05) is 256 Å². The van der Waals surface area contributed by atoms with E-state index in [9.17, 15) is 30.3 Å². The Bertz CT molecular complexity index is 1100. The van der Waals surface area contributed by atoms with E-state index in [1.165, 1.54) is 212 Å². The molecular weight excluding hydrogens is 839 g/mol. The summed E-state index contributed by atoms with van der Waals surface area (Å²) in [5.41, 5.74) is 0. The second kappa shape index (κ2) is 48.3. The number of aliphatic hydroxyl groups excluding tert-OH is 5. The maximum absolute atomic E-state index is 13.1. The van der Waals surface area contributed by atoms with E-state index >= 15 is 0 Å². The number of hydrogen-bond donors (Lipinski definition) is 6. The van der Waals surface area contributed by atoms with Crippen LogP contribution in [0.25, 0.3) is 0 Å². The molecule has 0 aromatic rings. The second-order valence-electron chi connectivity index (χ2n) is 20.4. The molecule has 396 valence electrons. The Hall–Kier alpha value is -1.33. The summed E-state index contributed by atoms with van der Waals surface area (Å²) < 4.78 is 11.3. The molecule has 0 radical (unpaired) electrons. The number of amides is 1. The summed E-state index contributed by atoms with van der Waals surface area (Å²) in [6.45, 7) is 3.86. The summed E-state index contributed by atoms with van der Waals surface area (Å²) in [5, 5.41) is 54.7. The van der Waals surface area contributed by atoms with Crippen molar-refractivity contribution in [1.29, 1.82) is 0 Å². The molecule has 67 heavy (non-hydrogen) atoms. The van der Waals surface area contributed by atoms with Crippen LogP contribution in [0.15, 0.2) is 24.3 Å². The van der Waals surface area contributed by atoms with Gasteiger partial charge in [0.25, 0.3) is 0 Å². The third-order valence-electron chi connectivity index (χ3n) is 14.1. The lowest BCUT2D eigenvalue weighted by Gasteiger charge is -2.40. The van der Waals surface area contributed by atoms with E-state index in [0.29, 0.717) is 12.8 Å². The van der Waals surface area contributed by atoms with E-state index in [2.05, 4.69) is 43.5 Å². The summed E-state index contributed by atoms with van der Waals surface area (Å²) in [4.78, 5) is 13.1. The van der Waals surface area contributed by atoms with Gasteiger partial charge < -0.3 is 40.3 Å². The Balaban J connectivity index is 2.21. The van der Waals surface area contributed by atoms with Crippen LogP contribution in [0, 0.1) is 0 Å². The van der Waals surface area contributed by atoms with Crippen LogP contribution in [0.5, 0.6) is 0 Å². The summed E-state index contributed by atoms with van der Waals surface area (Å²) in [7, 11) is 0. The molecule has 0 saturated carbocycles. The molecule has 0 bridgehead atoms. The van der Waals surface area contributed by atoms with Crippen LogP contribution in [-0.4, -0.2) is 87.5 Å². The number of unbranched alkanes of at least 4 members (excludes halogenated alkanes) is 36. The van der Waals surface area contributed by atoms with Crippen molar-refractivity contribution in [2.45, 2.75) is 326 Å². The van der Waals surface area contributed by atoms with Crippen LogP contribution in [-0.2, 0) is 14.3 Å². The molecule has 7 atom stereocenters. The number of nitrogens with one attached hydrogen (secondary N) is 1. The van der Waals surface area contributed by atoms with E-state index in [4.69, 9.17) is 9.47 Å². The maximum Gasteiger partial charge on any atom is 0.220 e. The fourth-order valence-electron chi connectivity index (χ4n) is 9.43. The highest BCUT2D eigenvalue weighted by Crippen LogP contribution is 2.23. The van der Waals surface area contributed by atoms with Gasteiger partial charge in [0.2, 0.25) is 5.91 Å². The Morgan fingerprint density at radius 2 is 0.881 bits per heavy atom. The highest BCUT2D eigenvalue weighted by Gasteiger charge is 2.44. The smallest absolute Gasteiger partial charge is 0.220 e. The van der Waals surface area contributed by atoms with Crippen molar-refractivity contribution in [2.24, 2.45) is 0 Å². The van der Waals surface area contributed by atoms with Crippen molar-refractivity contribution in [3.63, 3.8) is 0 Å². The Morgan fingerprint density at radius 3 is 1.28 bits per heavy atom. The molecule has 1 heterocycles. The number of ether oxygens (including phenoxy) is 2. The molecule has 1 rings (SSSR count). The van der Waals surface area contributed by atoms with Crippen molar-refractivity contribution in [3.05, 3.63) is 24.3 Å². The van der Waals surface area contributed by atoms with Gasteiger partial charge in [0, 0.05) is 6.42 Å². The first-order chi connectivity index (χ1) is 32.8. The minimum Gasteiger partial charge on any atom is -0.394 e. The van der Waals surface area contributed by atoms with Gasteiger partial charge in [-0.2, -0.15) is 0 Å². The van der Waals surface area contributed by atoms with Crippen LogP contribution < -0.4 is 5.32 Å². The molecule has 9 heteroatoms. The van der Waals surface area contributed by atoms with E-state index in [1.54, 1.807) is 0 Å². The summed E-state index contributed by atoms with van der Waals surface area (Å²) in [5.74, 6) is -0.145.